The van der Waals surface area contributed by atoms with E-state index in [2.05, 4.69) is 5.32 Å². The third-order valence-electron chi connectivity index (χ3n) is 2.27. The maximum absolute atomic E-state index is 11.7. The summed E-state index contributed by atoms with van der Waals surface area (Å²) in [5.74, 6) is 0.000373. The minimum absolute atomic E-state index is 0. The summed E-state index contributed by atoms with van der Waals surface area (Å²) in [4.78, 5) is 13.3. The highest BCUT2D eigenvalue weighted by atomic mass is 35.5. The number of aliphatic hydroxyl groups excluding tert-OH is 1. The van der Waals surface area contributed by atoms with Crippen molar-refractivity contribution in [3.63, 3.8) is 0 Å². The molecule has 0 fully saturated rings. The molecule has 5 heteroatoms. The van der Waals surface area contributed by atoms with Crippen LogP contribution in [0.1, 0.15) is 5.56 Å². The highest BCUT2D eigenvalue weighted by molar-refractivity contribution is 5.85. The summed E-state index contributed by atoms with van der Waals surface area (Å²) in [6.45, 7) is 1.20. The Morgan fingerprint density at radius 3 is 2.53 bits per heavy atom. The number of carbonyl (C=O) groups is 1. The van der Waals surface area contributed by atoms with Crippen LogP contribution in [0, 0.1) is 0 Å². The molecule has 1 rings (SSSR count). The number of nitrogens with one attached hydrogen (secondary N) is 1. The van der Waals surface area contributed by atoms with Gasteiger partial charge in [0.05, 0.1) is 13.2 Å². The molecule has 0 atom stereocenters. The van der Waals surface area contributed by atoms with Crippen LogP contribution in [0.4, 0.5) is 0 Å². The fourth-order valence-corrected chi connectivity index (χ4v) is 1.48. The fraction of sp³-hybridized carbons (Fsp3) is 0.417. The van der Waals surface area contributed by atoms with Crippen molar-refractivity contribution in [1.82, 2.24) is 10.2 Å². The molecule has 0 aromatic heterocycles. The van der Waals surface area contributed by atoms with E-state index in [9.17, 15) is 4.79 Å². The van der Waals surface area contributed by atoms with E-state index in [4.69, 9.17) is 5.11 Å². The predicted molar refractivity (Wildman–Crippen MR) is 70.1 cm³/mol. The number of aliphatic hydroxyl groups is 1. The zero-order chi connectivity index (χ0) is 11.8. The van der Waals surface area contributed by atoms with Crippen molar-refractivity contribution in [1.29, 1.82) is 0 Å². The van der Waals surface area contributed by atoms with Crippen molar-refractivity contribution in [2.75, 3.05) is 26.7 Å². The summed E-state index contributed by atoms with van der Waals surface area (Å²) < 4.78 is 0. The Hall–Kier alpha value is -1.10. The average Bonchev–Trinajstić information content (AvgIpc) is 2.30. The number of carbonyl (C=O) groups excluding carboxylic acids is 1. The maximum atomic E-state index is 11.7. The molecular weight excluding hydrogens is 240 g/mol. The number of likely N-dealkylation sites (N-methyl/N-ethyl adjacent to an activating group) is 1. The molecule has 96 valence electrons. The third-order valence-corrected chi connectivity index (χ3v) is 2.27. The Kier molecular flexibility index (Phi) is 8.40. The molecule has 1 amide bonds. The largest absolute Gasteiger partial charge is 0.395 e. The normalized spacial score (nSPS) is 9.53. The lowest BCUT2D eigenvalue weighted by Crippen LogP contribution is -2.38. The molecule has 1 aromatic carbocycles. The van der Waals surface area contributed by atoms with Crippen molar-refractivity contribution in [3.05, 3.63) is 35.9 Å². The number of amides is 1. The van der Waals surface area contributed by atoms with Crippen LogP contribution in [0.5, 0.6) is 0 Å². The minimum Gasteiger partial charge on any atom is -0.395 e. The van der Waals surface area contributed by atoms with Crippen molar-refractivity contribution in [2.24, 2.45) is 0 Å². The topological polar surface area (TPSA) is 52.6 Å². The van der Waals surface area contributed by atoms with Gasteiger partial charge < -0.3 is 15.3 Å². The summed E-state index contributed by atoms with van der Waals surface area (Å²) >= 11 is 0. The monoisotopic (exact) mass is 258 g/mol. The first-order valence-corrected chi connectivity index (χ1v) is 5.35. The van der Waals surface area contributed by atoms with Crippen LogP contribution in [-0.4, -0.2) is 42.7 Å². The molecular formula is C12H19ClN2O2. The van der Waals surface area contributed by atoms with E-state index in [1.165, 1.54) is 0 Å². The molecule has 0 unspecified atom stereocenters. The second kappa shape index (κ2) is 8.98. The molecule has 0 heterocycles. The molecule has 0 radical (unpaired) electrons. The van der Waals surface area contributed by atoms with Crippen molar-refractivity contribution in [2.45, 2.75) is 6.54 Å². The number of nitrogens with zero attached hydrogens (tertiary/aromatic N) is 1. The van der Waals surface area contributed by atoms with Crippen LogP contribution in [-0.2, 0) is 11.3 Å². The van der Waals surface area contributed by atoms with Gasteiger partial charge in [-0.05, 0) is 12.6 Å². The van der Waals surface area contributed by atoms with Gasteiger partial charge in [-0.25, -0.2) is 0 Å². The molecule has 0 aliphatic carbocycles. The Bertz CT molecular complexity index is 320. The van der Waals surface area contributed by atoms with Crippen LogP contribution in [0.15, 0.2) is 30.3 Å². The lowest BCUT2D eigenvalue weighted by atomic mass is 10.2. The van der Waals surface area contributed by atoms with Gasteiger partial charge in [-0.3, -0.25) is 4.79 Å². The van der Waals surface area contributed by atoms with E-state index >= 15 is 0 Å². The van der Waals surface area contributed by atoms with E-state index in [-0.39, 0.29) is 24.9 Å². The summed E-state index contributed by atoms with van der Waals surface area (Å²) in [7, 11) is 1.73. The van der Waals surface area contributed by atoms with Crippen LogP contribution in [0.25, 0.3) is 0 Å². The zero-order valence-corrected chi connectivity index (χ0v) is 10.7. The van der Waals surface area contributed by atoms with Gasteiger partial charge in [0.25, 0.3) is 0 Å². The first-order chi connectivity index (χ1) is 7.77. The average molecular weight is 259 g/mol. The second-order valence-electron chi connectivity index (χ2n) is 3.55. The number of benzene rings is 1. The molecule has 0 aliphatic heterocycles. The van der Waals surface area contributed by atoms with Crippen molar-refractivity contribution < 1.29 is 9.90 Å². The molecule has 0 saturated carbocycles. The quantitative estimate of drug-likeness (QED) is 0.788. The number of hydrogen-bond acceptors (Lipinski definition) is 3. The Morgan fingerprint density at radius 2 is 2.00 bits per heavy atom. The maximum Gasteiger partial charge on any atom is 0.236 e. The van der Waals surface area contributed by atoms with Gasteiger partial charge in [0, 0.05) is 13.1 Å². The smallest absolute Gasteiger partial charge is 0.236 e. The molecule has 0 aliphatic rings. The van der Waals surface area contributed by atoms with Gasteiger partial charge >= 0.3 is 0 Å². The first-order valence-electron chi connectivity index (χ1n) is 5.35. The van der Waals surface area contributed by atoms with Gasteiger partial charge in [0.15, 0.2) is 0 Å². The SMILES string of the molecule is CNCC(=O)N(CCO)Cc1ccccc1.Cl. The van der Waals surface area contributed by atoms with E-state index in [1.54, 1.807) is 11.9 Å². The Balaban J connectivity index is 0.00000256. The summed E-state index contributed by atoms with van der Waals surface area (Å²) in [6, 6.07) is 9.76. The Morgan fingerprint density at radius 1 is 1.35 bits per heavy atom. The molecule has 0 spiro atoms. The number of halogens is 1. The molecule has 4 nitrogen and oxygen atoms in total. The number of rotatable bonds is 6. The Labute approximate surface area is 108 Å². The molecule has 0 saturated heterocycles. The zero-order valence-electron chi connectivity index (χ0n) is 9.93. The summed E-state index contributed by atoms with van der Waals surface area (Å²) in [5, 5.41) is 11.7. The highest BCUT2D eigenvalue weighted by Gasteiger charge is 2.11. The van der Waals surface area contributed by atoms with Crippen LogP contribution >= 0.6 is 12.4 Å². The molecule has 17 heavy (non-hydrogen) atoms. The second-order valence-corrected chi connectivity index (χ2v) is 3.55. The van der Waals surface area contributed by atoms with Crippen molar-refractivity contribution in [3.8, 4) is 0 Å². The van der Waals surface area contributed by atoms with E-state index < -0.39 is 0 Å². The van der Waals surface area contributed by atoms with Gasteiger partial charge in [-0.2, -0.15) is 0 Å². The van der Waals surface area contributed by atoms with Gasteiger partial charge in [0.2, 0.25) is 5.91 Å². The van der Waals surface area contributed by atoms with Gasteiger partial charge in [-0.1, -0.05) is 30.3 Å². The van der Waals surface area contributed by atoms with Crippen LogP contribution < -0.4 is 5.32 Å². The molecule has 0 bridgehead atoms. The van der Waals surface area contributed by atoms with E-state index in [0.717, 1.165) is 5.56 Å². The first kappa shape index (κ1) is 15.9. The predicted octanol–water partition coefficient (Wildman–Crippen LogP) is 0.649. The summed E-state index contributed by atoms with van der Waals surface area (Å²) in [6.07, 6.45) is 0. The van der Waals surface area contributed by atoms with Crippen molar-refractivity contribution >= 4 is 18.3 Å². The summed E-state index contributed by atoms with van der Waals surface area (Å²) in [5.41, 5.74) is 1.07. The van der Waals surface area contributed by atoms with Gasteiger partial charge in [0.1, 0.15) is 0 Å². The van der Waals surface area contributed by atoms with Gasteiger partial charge in [-0.15, -0.1) is 12.4 Å². The molecule has 1 aromatic rings. The van der Waals surface area contributed by atoms with E-state index in [0.29, 0.717) is 19.6 Å². The highest BCUT2D eigenvalue weighted by Crippen LogP contribution is 2.04. The van der Waals surface area contributed by atoms with E-state index in [1.807, 2.05) is 30.3 Å². The van der Waals surface area contributed by atoms with Crippen LogP contribution in [0.3, 0.4) is 0 Å². The van der Waals surface area contributed by atoms with Crippen LogP contribution in [0.2, 0.25) is 0 Å². The number of hydrogen-bond donors (Lipinski definition) is 2. The fourth-order valence-electron chi connectivity index (χ4n) is 1.48. The minimum atomic E-state index is -0.0116. The molecule has 2 N–H and O–H groups in total. The standard InChI is InChI=1S/C12H18N2O2.ClH/c1-13-9-12(16)14(7-8-15)10-11-5-3-2-4-6-11;/h2-6,13,15H,7-10H2,1H3;1H. The lowest BCUT2D eigenvalue weighted by molar-refractivity contribution is -0.131. The third kappa shape index (κ3) is 5.68. The lowest BCUT2D eigenvalue weighted by Gasteiger charge is -2.21.